The second-order valence-electron chi connectivity index (χ2n) is 7.67. The predicted molar refractivity (Wildman–Crippen MR) is 129 cm³/mol. The molecule has 34 heavy (non-hydrogen) atoms. The fraction of sp³-hybridized carbons (Fsp3) is 0.348. The molecule has 0 saturated carbocycles. The van der Waals surface area contributed by atoms with Crippen molar-refractivity contribution in [2.24, 2.45) is 0 Å². The van der Waals surface area contributed by atoms with E-state index >= 15 is 0 Å². The summed E-state index contributed by atoms with van der Waals surface area (Å²) in [7, 11) is -0.853. The van der Waals surface area contributed by atoms with E-state index in [1.54, 1.807) is 0 Å². The lowest BCUT2D eigenvalue weighted by molar-refractivity contribution is -0.115. The van der Waals surface area contributed by atoms with Crippen molar-refractivity contribution in [3.8, 4) is 0 Å². The molecule has 3 aromatic rings. The molecule has 2 N–H and O–H groups in total. The molecule has 2 aromatic carbocycles. The lowest BCUT2D eigenvalue weighted by atomic mass is 10.2. The maximum atomic E-state index is 12.6. The second-order valence-corrected chi connectivity index (χ2v) is 9.82. The number of hydrogen-bond donors (Lipinski definition) is 2. The second kappa shape index (κ2) is 11.2. The molecule has 0 aliphatic heterocycles. The molecule has 2 amide bonds. The van der Waals surface area contributed by atoms with Crippen molar-refractivity contribution < 1.29 is 22.7 Å². The quantitative estimate of drug-likeness (QED) is 0.399. The first-order valence-electron chi connectivity index (χ1n) is 10.9. The standard InChI is InChI=1S/C23H29N5O5S/c1-4-33-14-8-13-28-20-12-6-5-11-19(20)25-23(28)26-21(29)16-24-22(30)17-9-7-10-18(15-17)34(31,32)27(2)3/h5-7,9-12,15H,4,8,13-14,16H2,1-3H3,(H,24,30)(H,25,26,29). The number of ether oxygens (including phenoxy) is 1. The number of para-hydroxylation sites is 2. The maximum absolute atomic E-state index is 12.6. The summed E-state index contributed by atoms with van der Waals surface area (Å²) < 4.78 is 33.0. The SMILES string of the molecule is CCOCCCn1c(NC(=O)CNC(=O)c2cccc(S(=O)(=O)N(C)C)c2)nc2ccccc21. The maximum Gasteiger partial charge on any atom is 0.251 e. The van der Waals surface area contributed by atoms with Gasteiger partial charge in [-0.3, -0.25) is 14.9 Å². The third-order valence-electron chi connectivity index (χ3n) is 5.06. The summed E-state index contributed by atoms with van der Waals surface area (Å²) in [4.78, 5) is 29.6. The van der Waals surface area contributed by atoms with Gasteiger partial charge in [0.1, 0.15) is 0 Å². The number of benzene rings is 2. The number of nitrogens with zero attached hydrogens (tertiary/aromatic N) is 3. The number of fused-ring (bicyclic) bond motifs is 1. The van der Waals surface area contributed by atoms with Crippen molar-refractivity contribution in [1.29, 1.82) is 0 Å². The first-order chi connectivity index (χ1) is 16.2. The Morgan fingerprint density at radius 2 is 1.88 bits per heavy atom. The van der Waals surface area contributed by atoms with Crippen molar-refractivity contribution in [3.63, 3.8) is 0 Å². The fourth-order valence-corrected chi connectivity index (χ4v) is 4.25. The molecule has 1 heterocycles. The largest absolute Gasteiger partial charge is 0.382 e. The predicted octanol–water partition coefficient (Wildman–Crippen LogP) is 2.08. The number of nitrogens with one attached hydrogen (secondary N) is 2. The van der Waals surface area contributed by atoms with Crippen molar-refractivity contribution in [3.05, 3.63) is 54.1 Å². The highest BCUT2D eigenvalue weighted by molar-refractivity contribution is 7.89. The molecule has 0 spiro atoms. The summed E-state index contributed by atoms with van der Waals surface area (Å²) in [6.07, 6.45) is 0.750. The Labute approximate surface area is 199 Å². The number of hydrogen-bond acceptors (Lipinski definition) is 6. The van der Waals surface area contributed by atoms with Crippen LogP contribution in [0, 0.1) is 0 Å². The first-order valence-corrected chi connectivity index (χ1v) is 12.3. The van der Waals surface area contributed by atoms with Gasteiger partial charge in [-0.05, 0) is 43.7 Å². The molecule has 0 fully saturated rings. The van der Waals surface area contributed by atoms with E-state index in [-0.39, 0.29) is 17.0 Å². The number of anilines is 1. The number of imidazole rings is 1. The average molecular weight is 488 g/mol. The summed E-state index contributed by atoms with van der Waals surface area (Å²) in [5.74, 6) is -0.626. The Morgan fingerprint density at radius 3 is 2.62 bits per heavy atom. The van der Waals surface area contributed by atoms with Crippen LogP contribution >= 0.6 is 0 Å². The molecule has 3 rings (SSSR count). The minimum Gasteiger partial charge on any atom is -0.382 e. The number of aryl methyl sites for hydroxylation is 1. The highest BCUT2D eigenvalue weighted by atomic mass is 32.2. The minimum atomic E-state index is -3.68. The molecule has 0 unspecified atom stereocenters. The topological polar surface area (TPSA) is 123 Å². The highest BCUT2D eigenvalue weighted by Crippen LogP contribution is 2.20. The average Bonchev–Trinajstić information content (AvgIpc) is 3.17. The van der Waals surface area contributed by atoms with Gasteiger partial charge in [-0.15, -0.1) is 0 Å². The summed E-state index contributed by atoms with van der Waals surface area (Å²) in [5, 5.41) is 5.28. The van der Waals surface area contributed by atoms with Gasteiger partial charge in [0.2, 0.25) is 21.9 Å². The van der Waals surface area contributed by atoms with Crippen molar-refractivity contribution in [2.45, 2.75) is 24.8 Å². The molecule has 0 radical (unpaired) electrons. The van der Waals surface area contributed by atoms with E-state index in [2.05, 4.69) is 15.6 Å². The van der Waals surface area contributed by atoms with Crippen LogP contribution in [0.3, 0.4) is 0 Å². The van der Waals surface area contributed by atoms with Gasteiger partial charge < -0.3 is 14.6 Å². The lowest BCUT2D eigenvalue weighted by Crippen LogP contribution is -2.33. The van der Waals surface area contributed by atoms with E-state index in [1.807, 2.05) is 35.8 Å². The highest BCUT2D eigenvalue weighted by Gasteiger charge is 2.19. The van der Waals surface area contributed by atoms with Gasteiger partial charge in [0.25, 0.3) is 5.91 Å². The van der Waals surface area contributed by atoms with Gasteiger partial charge in [0, 0.05) is 39.4 Å². The van der Waals surface area contributed by atoms with Gasteiger partial charge in [0.05, 0.1) is 22.5 Å². The van der Waals surface area contributed by atoms with Crippen molar-refractivity contribution in [2.75, 3.05) is 39.2 Å². The van der Waals surface area contributed by atoms with E-state index in [4.69, 9.17) is 4.74 Å². The molecule has 0 aliphatic rings. The molecule has 0 atom stereocenters. The summed E-state index contributed by atoms with van der Waals surface area (Å²) in [6, 6.07) is 13.2. The van der Waals surface area contributed by atoms with Crippen LogP contribution in [0.15, 0.2) is 53.4 Å². The smallest absolute Gasteiger partial charge is 0.251 e. The third-order valence-corrected chi connectivity index (χ3v) is 6.88. The van der Waals surface area contributed by atoms with Crippen LogP contribution in [0.1, 0.15) is 23.7 Å². The van der Waals surface area contributed by atoms with Crippen LogP contribution < -0.4 is 10.6 Å². The molecular weight excluding hydrogens is 458 g/mol. The summed E-state index contributed by atoms with van der Waals surface area (Å²) in [5.41, 5.74) is 1.77. The molecule has 11 heteroatoms. The van der Waals surface area contributed by atoms with Crippen LogP contribution in [0.25, 0.3) is 11.0 Å². The Kier molecular flexibility index (Phi) is 8.37. The van der Waals surface area contributed by atoms with E-state index < -0.39 is 21.8 Å². The number of rotatable bonds is 11. The van der Waals surface area contributed by atoms with E-state index in [0.717, 1.165) is 21.8 Å². The molecular formula is C23H29N5O5S. The van der Waals surface area contributed by atoms with Crippen LogP contribution in [0.5, 0.6) is 0 Å². The lowest BCUT2D eigenvalue weighted by Gasteiger charge is -2.12. The number of sulfonamides is 1. The van der Waals surface area contributed by atoms with Gasteiger partial charge in [-0.1, -0.05) is 18.2 Å². The van der Waals surface area contributed by atoms with Crippen LogP contribution in [-0.2, 0) is 26.1 Å². The van der Waals surface area contributed by atoms with Crippen LogP contribution in [-0.4, -0.2) is 67.9 Å². The molecule has 0 bridgehead atoms. The van der Waals surface area contributed by atoms with Crippen molar-refractivity contribution in [1.82, 2.24) is 19.2 Å². The molecule has 0 saturated heterocycles. The summed E-state index contributed by atoms with van der Waals surface area (Å²) >= 11 is 0. The van der Waals surface area contributed by atoms with E-state index in [0.29, 0.717) is 25.7 Å². The van der Waals surface area contributed by atoms with Gasteiger partial charge >= 0.3 is 0 Å². The first kappa shape index (κ1) is 25.3. The zero-order valence-electron chi connectivity index (χ0n) is 19.4. The van der Waals surface area contributed by atoms with Gasteiger partial charge in [0.15, 0.2) is 0 Å². The zero-order chi connectivity index (χ0) is 24.7. The molecule has 0 aliphatic carbocycles. The fourth-order valence-electron chi connectivity index (χ4n) is 3.31. The third kappa shape index (κ3) is 5.99. The van der Waals surface area contributed by atoms with E-state index in [9.17, 15) is 18.0 Å². The Hall–Kier alpha value is -3.28. The number of aromatic nitrogens is 2. The monoisotopic (exact) mass is 487 g/mol. The van der Waals surface area contributed by atoms with Crippen LogP contribution in [0.2, 0.25) is 0 Å². The number of carbonyl (C=O) groups excluding carboxylic acids is 2. The van der Waals surface area contributed by atoms with Crippen LogP contribution in [0.4, 0.5) is 5.95 Å². The molecule has 1 aromatic heterocycles. The Morgan fingerprint density at radius 1 is 1.12 bits per heavy atom. The van der Waals surface area contributed by atoms with Gasteiger partial charge in [-0.2, -0.15) is 0 Å². The Balaban J connectivity index is 1.67. The zero-order valence-corrected chi connectivity index (χ0v) is 20.3. The van der Waals surface area contributed by atoms with E-state index in [1.165, 1.54) is 38.4 Å². The molecule has 10 nitrogen and oxygen atoms in total. The van der Waals surface area contributed by atoms with Crippen molar-refractivity contribution >= 4 is 38.8 Å². The Bertz CT molecular complexity index is 1270. The number of carbonyl (C=O) groups is 2. The summed E-state index contributed by atoms with van der Waals surface area (Å²) in [6.45, 7) is 3.47. The van der Waals surface area contributed by atoms with Gasteiger partial charge in [-0.25, -0.2) is 17.7 Å². The number of amides is 2. The minimum absolute atomic E-state index is 0.00429. The molecule has 182 valence electrons. The normalized spacial score (nSPS) is 11.6.